The number of ether oxygens (including phenoxy) is 1. The Morgan fingerprint density at radius 3 is 1.83 bits per heavy atom. The highest BCUT2D eigenvalue weighted by atomic mass is 32.3. The molecule has 1 aromatic heterocycles. The quantitative estimate of drug-likeness (QED) is 0.364. The van der Waals surface area contributed by atoms with E-state index in [-0.39, 0.29) is 10.0 Å². The Balaban J connectivity index is 0.000000784. The number of hydrogen-bond acceptors (Lipinski definition) is 3. The second-order valence-corrected chi connectivity index (χ2v) is 13.5. The summed E-state index contributed by atoms with van der Waals surface area (Å²) in [6.45, 7) is 0. The van der Waals surface area contributed by atoms with Gasteiger partial charge in [-0.15, -0.1) is 13.2 Å². The van der Waals surface area contributed by atoms with Gasteiger partial charge in [0.15, 0.2) is 6.10 Å². The summed E-state index contributed by atoms with van der Waals surface area (Å²) in [7, 11) is -0.167. The first kappa shape index (κ1) is 28.4. The van der Waals surface area contributed by atoms with Crippen LogP contribution in [0.15, 0.2) is 60.8 Å². The molecule has 3 aromatic rings. The third-order valence-corrected chi connectivity index (χ3v) is 4.13. The minimum absolute atomic E-state index is 0.167. The zero-order chi connectivity index (χ0) is 26.6. The molecule has 0 amide bonds. The van der Waals surface area contributed by atoms with Gasteiger partial charge in [-0.25, -0.2) is 8.78 Å². The van der Waals surface area contributed by atoms with E-state index in [9.17, 15) is 35.8 Å². The summed E-state index contributed by atoms with van der Waals surface area (Å²) < 4.78 is 96.1. The van der Waals surface area contributed by atoms with E-state index in [1.807, 2.05) is 0 Å². The summed E-state index contributed by atoms with van der Waals surface area (Å²) >= 11 is 0. The number of alkyl halides is 5. The van der Waals surface area contributed by atoms with Crippen LogP contribution in [0.1, 0.15) is 17.4 Å². The van der Waals surface area contributed by atoms with Crippen molar-refractivity contribution in [1.82, 2.24) is 4.98 Å². The van der Waals surface area contributed by atoms with E-state index >= 15 is 0 Å². The lowest BCUT2D eigenvalue weighted by Gasteiger charge is -2.23. The van der Waals surface area contributed by atoms with Gasteiger partial charge in [0.05, 0.1) is 0 Å². The second kappa shape index (κ2) is 10.9. The molecule has 1 N–H and O–H groups in total. The van der Waals surface area contributed by atoms with Crippen molar-refractivity contribution in [3.8, 4) is 16.9 Å². The van der Waals surface area contributed by atoms with Crippen LogP contribution in [0.3, 0.4) is 0 Å². The van der Waals surface area contributed by atoms with E-state index in [2.05, 4.69) is 34.7 Å². The van der Waals surface area contributed by atoms with Crippen LogP contribution in [-0.2, 0) is 5.92 Å². The molecule has 1 unspecified atom stereocenters. The highest BCUT2D eigenvalue weighted by molar-refractivity contribution is 8.31. The van der Waals surface area contributed by atoms with Crippen molar-refractivity contribution in [2.24, 2.45) is 0 Å². The van der Waals surface area contributed by atoms with E-state index < -0.39 is 47.0 Å². The predicted molar refractivity (Wildman–Crippen MR) is 123 cm³/mol. The molecule has 11 heteroatoms. The van der Waals surface area contributed by atoms with Gasteiger partial charge < -0.3 is 9.84 Å². The van der Waals surface area contributed by atoms with Crippen molar-refractivity contribution in [2.45, 2.75) is 18.4 Å². The Hall–Kier alpha value is -2.79. The van der Waals surface area contributed by atoms with Gasteiger partial charge >= 0.3 is 12.3 Å². The lowest BCUT2D eigenvalue weighted by atomic mass is 9.99. The highest BCUT2D eigenvalue weighted by Gasteiger charge is 2.44. The van der Waals surface area contributed by atoms with Gasteiger partial charge in [-0.3, -0.25) is 15.0 Å². The zero-order valence-corrected chi connectivity index (χ0v) is 20.0. The molecular weight excluding hydrogens is 499 g/mol. The Morgan fingerprint density at radius 1 is 0.829 bits per heavy atom. The standard InChI is InChI=1S/C20H12F7NO2.C4H12S/c21-13-4-7-15(16(22)9-13)18(29)19(23,24)17-8-3-12(10-28-17)11-1-5-14(6-2-11)30-20(25,26)27;1-5(2,3)4/h1-10,18,29H;1-4H3. The average Bonchev–Trinajstić information content (AvgIpc) is 2.72. The summed E-state index contributed by atoms with van der Waals surface area (Å²) in [5, 5.41) is 9.92. The Bertz CT molecular complexity index is 1110. The third-order valence-electron chi connectivity index (χ3n) is 4.13. The van der Waals surface area contributed by atoms with Crippen molar-refractivity contribution in [3.05, 3.63) is 83.7 Å². The fourth-order valence-electron chi connectivity index (χ4n) is 2.67. The lowest BCUT2D eigenvalue weighted by molar-refractivity contribution is -0.274. The second-order valence-electron chi connectivity index (χ2n) is 8.65. The van der Waals surface area contributed by atoms with Crippen LogP contribution in [0.25, 0.3) is 11.1 Å². The third kappa shape index (κ3) is 8.74. The summed E-state index contributed by atoms with van der Waals surface area (Å²) in [5.74, 6) is -6.77. The van der Waals surface area contributed by atoms with Gasteiger partial charge in [0.25, 0.3) is 0 Å². The molecule has 3 rings (SSSR count). The summed E-state index contributed by atoms with van der Waals surface area (Å²) in [6.07, 6.45) is 2.65. The number of pyridine rings is 1. The van der Waals surface area contributed by atoms with Crippen molar-refractivity contribution in [2.75, 3.05) is 25.0 Å². The van der Waals surface area contributed by atoms with Gasteiger partial charge in [-0.1, -0.05) is 24.3 Å². The lowest BCUT2D eigenvalue weighted by Crippen LogP contribution is -2.25. The van der Waals surface area contributed by atoms with E-state index in [4.69, 9.17) is 0 Å². The molecule has 0 radical (unpaired) electrons. The molecule has 0 saturated carbocycles. The van der Waals surface area contributed by atoms with Crippen LogP contribution in [0, 0.1) is 11.6 Å². The topological polar surface area (TPSA) is 42.4 Å². The fraction of sp³-hybridized carbons (Fsp3) is 0.292. The van der Waals surface area contributed by atoms with Gasteiger partial charge in [-0.2, -0.15) is 8.78 Å². The number of halogens is 7. The minimum Gasteiger partial charge on any atom is -0.406 e. The SMILES string of the molecule is CS(C)(C)C.OC(c1ccc(F)cc1F)C(F)(F)c1ccc(-c2ccc(OC(F)(F)F)cc2)cn1. The molecule has 35 heavy (non-hydrogen) atoms. The molecule has 1 heterocycles. The maximum absolute atomic E-state index is 14.6. The van der Waals surface area contributed by atoms with Crippen LogP contribution in [0.2, 0.25) is 0 Å². The summed E-state index contributed by atoms with van der Waals surface area (Å²) in [5.41, 5.74) is -1.00. The number of rotatable bonds is 5. The van der Waals surface area contributed by atoms with Crippen molar-refractivity contribution in [3.63, 3.8) is 0 Å². The Kier molecular flexibility index (Phi) is 8.83. The Labute approximate surface area is 199 Å². The smallest absolute Gasteiger partial charge is 0.406 e. The van der Waals surface area contributed by atoms with Crippen LogP contribution in [0.5, 0.6) is 5.75 Å². The predicted octanol–water partition coefficient (Wildman–Crippen LogP) is 7.06. The van der Waals surface area contributed by atoms with Gasteiger partial charge in [0, 0.05) is 23.4 Å². The monoisotopic (exact) mass is 523 g/mol. The Morgan fingerprint density at radius 2 is 1.37 bits per heavy atom. The molecule has 0 aliphatic rings. The number of nitrogens with zero attached hydrogens (tertiary/aromatic N) is 1. The molecule has 0 aliphatic carbocycles. The molecule has 0 spiro atoms. The maximum Gasteiger partial charge on any atom is 0.573 e. The van der Waals surface area contributed by atoms with Crippen LogP contribution >= 0.6 is 10.0 Å². The number of aromatic nitrogens is 1. The summed E-state index contributed by atoms with van der Waals surface area (Å²) in [6, 6.07) is 8.57. The molecule has 2 aromatic carbocycles. The molecule has 192 valence electrons. The number of aliphatic hydroxyl groups excluding tert-OH is 1. The molecule has 0 saturated heterocycles. The first-order valence-electron chi connectivity index (χ1n) is 9.94. The molecule has 1 atom stereocenters. The van der Waals surface area contributed by atoms with Gasteiger partial charge in [0.1, 0.15) is 23.1 Å². The first-order chi connectivity index (χ1) is 16.0. The first-order valence-corrected chi connectivity index (χ1v) is 13.2. The van der Waals surface area contributed by atoms with E-state index in [0.29, 0.717) is 23.3 Å². The molecule has 3 nitrogen and oxygen atoms in total. The molecule has 0 aliphatic heterocycles. The molecule has 0 bridgehead atoms. The average molecular weight is 524 g/mol. The molecular formula is C24H24F7NO2S. The van der Waals surface area contributed by atoms with Crippen LogP contribution in [-0.4, -0.2) is 41.5 Å². The molecule has 0 fully saturated rings. The van der Waals surface area contributed by atoms with Crippen LogP contribution < -0.4 is 4.74 Å². The van der Waals surface area contributed by atoms with E-state index in [1.165, 1.54) is 18.2 Å². The van der Waals surface area contributed by atoms with Crippen molar-refractivity contribution < 1.29 is 40.6 Å². The van der Waals surface area contributed by atoms with E-state index in [0.717, 1.165) is 30.5 Å². The van der Waals surface area contributed by atoms with E-state index in [1.54, 1.807) is 0 Å². The largest absolute Gasteiger partial charge is 0.573 e. The zero-order valence-electron chi connectivity index (χ0n) is 19.2. The summed E-state index contributed by atoms with van der Waals surface area (Å²) in [4.78, 5) is 3.58. The van der Waals surface area contributed by atoms with Crippen molar-refractivity contribution in [1.29, 1.82) is 0 Å². The number of benzene rings is 2. The van der Waals surface area contributed by atoms with Crippen LogP contribution in [0.4, 0.5) is 30.7 Å². The minimum atomic E-state index is -4.85. The number of hydrogen-bond donors (Lipinski definition) is 1. The van der Waals surface area contributed by atoms with Crippen molar-refractivity contribution >= 4 is 10.0 Å². The maximum atomic E-state index is 14.6. The van der Waals surface area contributed by atoms with Gasteiger partial charge in [-0.05, 0) is 54.9 Å². The number of aliphatic hydroxyl groups is 1. The normalized spacial score (nSPS) is 13.5. The van der Waals surface area contributed by atoms with Gasteiger partial charge in [0.2, 0.25) is 0 Å². The fourth-order valence-corrected chi connectivity index (χ4v) is 2.67. The highest BCUT2D eigenvalue weighted by Crippen LogP contribution is 2.41.